The van der Waals surface area contributed by atoms with Gasteiger partial charge in [-0.3, -0.25) is 4.79 Å². The summed E-state index contributed by atoms with van der Waals surface area (Å²) < 4.78 is 16.0. The molecule has 0 amide bonds. The van der Waals surface area contributed by atoms with Gasteiger partial charge in [0, 0.05) is 5.69 Å². The topological polar surface area (TPSA) is 56.8 Å². The molecular formula is C25H27NO4. The van der Waals surface area contributed by atoms with Gasteiger partial charge in [0.2, 0.25) is 0 Å². The lowest BCUT2D eigenvalue weighted by atomic mass is 9.86. The van der Waals surface area contributed by atoms with E-state index in [4.69, 9.17) is 14.2 Å². The number of benzene rings is 3. The summed E-state index contributed by atoms with van der Waals surface area (Å²) in [6.07, 6.45) is 0. The van der Waals surface area contributed by atoms with Gasteiger partial charge in [-0.2, -0.15) is 0 Å². The summed E-state index contributed by atoms with van der Waals surface area (Å²) in [6, 6.07) is 24.7. The fourth-order valence-electron chi connectivity index (χ4n) is 3.39. The Morgan fingerprint density at radius 1 is 0.800 bits per heavy atom. The first-order valence-electron chi connectivity index (χ1n) is 9.92. The molecule has 0 saturated carbocycles. The Morgan fingerprint density at radius 3 is 1.90 bits per heavy atom. The monoisotopic (exact) mass is 405 g/mol. The molecule has 0 spiro atoms. The number of rotatable bonds is 9. The minimum atomic E-state index is -0.526. The quantitative estimate of drug-likeness (QED) is 0.496. The van der Waals surface area contributed by atoms with Crippen molar-refractivity contribution in [3.63, 3.8) is 0 Å². The van der Waals surface area contributed by atoms with Crippen LogP contribution in [0.4, 0.5) is 5.69 Å². The molecule has 0 bridgehead atoms. The van der Waals surface area contributed by atoms with Gasteiger partial charge in [-0.1, -0.05) is 42.5 Å². The van der Waals surface area contributed by atoms with E-state index in [1.165, 1.54) is 0 Å². The summed E-state index contributed by atoms with van der Waals surface area (Å²) in [5.41, 5.74) is 2.72. The van der Waals surface area contributed by atoms with Gasteiger partial charge in [0.15, 0.2) is 0 Å². The fourth-order valence-corrected chi connectivity index (χ4v) is 3.39. The molecule has 0 aliphatic rings. The fraction of sp³-hybridized carbons (Fsp3) is 0.240. The molecular weight excluding hydrogens is 378 g/mol. The van der Waals surface area contributed by atoms with Crippen LogP contribution in [0, 0.1) is 0 Å². The highest BCUT2D eigenvalue weighted by atomic mass is 16.5. The molecule has 5 heteroatoms. The van der Waals surface area contributed by atoms with Crippen molar-refractivity contribution in [2.75, 3.05) is 26.1 Å². The van der Waals surface area contributed by atoms with E-state index in [1.54, 1.807) is 14.2 Å². The molecule has 3 rings (SSSR count). The molecule has 0 radical (unpaired) electrons. The first-order chi connectivity index (χ1) is 14.7. The molecule has 1 N–H and O–H groups in total. The molecule has 5 nitrogen and oxygen atoms in total. The maximum atomic E-state index is 13.1. The molecule has 0 fully saturated rings. The third kappa shape index (κ3) is 5.11. The lowest BCUT2D eigenvalue weighted by Gasteiger charge is -2.28. The number of methoxy groups -OCH3 is 2. The van der Waals surface area contributed by atoms with Crippen molar-refractivity contribution in [2.45, 2.75) is 18.9 Å². The largest absolute Gasteiger partial charge is 0.497 e. The Balaban J connectivity index is 2.04. The van der Waals surface area contributed by atoms with Crippen molar-refractivity contribution in [3.8, 4) is 11.5 Å². The number of carbonyl (C=O) groups excluding carboxylic acids is 1. The van der Waals surface area contributed by atoms with E-state index >= 15 is 0 Å². The van der Waals surface area contributed by atoms with Gasteiger partial charge in [-0.25, -0.2) is 0 Å². The second kappa shape index (κ2) is 10.3. The Labute approximate surface area is 177 Å². The lowest BCUT2D eigenvalue weighted by molar-refractivity contribution is -0.145. The summed E-state index contributed by atoms with van der Waals surface area (Å²) in [5.74, 6) is 0.730. The normalized spacial score (nSPS) is 12.5. The van der Waals surface area contributed by atoms with Gasteiger partial charge >= 0.3 is 5.97 Å². The molecule has 0 aliphatic heterocycles. The SMILES string of the molecule is CCOC(=O)[C@H](c1ccccc1)[C@@H](Nc1ccc(OC)cc1)c1ccc(OC)cc1. The van der Waals surface area contributed by atoms with Crippen LogP contribution in [0.2, 0.25) is 0 Å². The number of ether oxygens (including phenoxy) is 3. The molecule has 3 aromatic carbocycles. The number of hydrogen-bond donors (Lipinski definition) is 1. The highest BCUT2D eigenvalue weighted by Gasteiger charge is 2.32. The van der Waals surface area contributed by atoms with Crippen LogP contribution in [0.25, 0.3) is 0 Å². The summed E-state index contributed by atoms with van der Waals surface area (Å²) in [7, 11) is 3.27. The lowest BCUT2D eigenvalue weighted by Crippen LogP contribution is -2.28. The summed E-state index contributed by atoms with van der Waals surface area (Å²) in [4.78, 5) is 13.1. The Kier molecular flexibility index (Phi) is 7.33. The van der Waals surface area contributed by atoms with Gasteiger partial charge in [0.25, 0.3) is 0 Å². The maximum absolute atomic E-state index is 13.1. The van der Waals surface area contributed by atoms with Crippen molar-refractivity contribution in [1.29, 1.82) is 0 Å². The molecule has 30 heavy (non-hydrogen) atoms. The number of esters is 1. The van der Waals surface area contributed by atoms with Crippen molar-refractivity contribution in [2.24, 2.45) is 0 Å². The van der Waals surface area contributed by atoms with E-state index in [2.05, 4.69) is 5.32 Å². The number of hydrogen-bond acceptors (Lipinski definition) is 5. The summed E-state index contributed by atoms with van der Waals surface area (Å²) in [6.45, 7) is 2.14. The van der Waals surface area contributed by atoms with Crippen molar-refractivity contribution >= 4 is 11.7 Å². The van der Waals surface area contributed by atoms with Crippen LogP contribution in [0.15, 0.2) is 78.9 Å². The van der Waals surface area contributed by atoms with Crippen LogP contribution in [-0.4, -0.2) is 26.8 Å². The van der Waals surface area contributed by atoms with Crippen LogP contribution in [0.1, 0.15) is 30.0 Å². The zero-order valence-electron chi connectivity index (χ0n) is 17.5. The highest BCUT2D eigenvalue weighted by Crippen LogP contribution is 2.36. The zero-order chi connectivity index (χ0) is 21.3. The second-order valence-electron chi connectivity index (χ2n) is 6.76. The number of carbonyl (C=O) groups is 1. The van der Waals surface area contributed by atoms with Gasteiger partial charge in [0.05, 0.1) is 26.9 Å². The van der Waals surface area contributed by atoms with Crippen LogP contribution >= 0.6 is 0 Å². The Bertz CT molecular complexity index is 924. The van der Waals surface area contributed by atoms with E-state index in [0.717, 1.165) is 28.3 Å². The van der Waals surface area contributed by atoms with Crippen LogP contribution < -0.4 is 14.8 Å². The van der Waals surface area contributed by atoms with Gasteiger partial charge < -0.3 is 19.5 Å². The van der Waals surface area contributed by atoms with E-state index in [1.807, 2.05) is 85.8 Å². The zero-order valence-corrected chi connectivity index (χ0v) is 17.5. The third-order valence-electron chi connectivity index (χ3n) is 4.92. The third-order valence-corrected chi connectivity index (χ3v) is 4.92. The molecule has 0 heterocycles. The minimum absolute atomic E-state index is 0.273. The average molecular weight is 405 g/mol. The van der Waals surface area contributed by atoms with E-state index in [0.29, 0.717) is 6.61 Å². The minimum Gasteiger partial charge on any atom is -0.497 e. The Hall–Kier alpha value is -3.47. The predicted molar refractivity (Wildman–Crippen MR) is 118 cm³/mol. The van der Waals surface area contributed by atoms with Gasteiger partial charge in [0.1, 0.15) is 17.4 Å². The van der Waals surface area contributed by atoms with Crippen molar-refractivity contribution in [3.05, 3.63) is 90.0 Å². The van der Waals surface area contributed by atoms with Crippen LogP contribution in [0.5, 0.6) is 11.5 Å². The van der Waals surface area contributed by atoms with E-state index in [9.17, 15) is 4.79 Å². The number of anilines is 1. The van der Waals surface area contributed by atoms with E-state index < -0.39 is 5.92 Å². The predicted octanol–water partition coefficient (Wildman–Crippen LogP) is 5.20. The van der Waals surface area contributed by atoms with Crippen LogP contribution in [-0.2, 0) is 9.53 Å². The Morgan fingerprint density at radius 2 is 1.37 bits per heavy atom. The van der Waals surface area contributed by atoms with Gasteiger partial charge in [-0.15, -0.1) is 0 Å². The standard InChI is InChI=1S/C25H27NO4/c1-4-30-25(27)23(18-8-6-5-7-9-18)24(19-10-14-21(28-2)15-11-19)26-20-12-16-22(29-3)17-13-20/h5-17,23-24,26H,4H2,1-3H3/t23-,24+/m1/s1. The van der Waals surface area contributed by atoms with Gasteiger partial charge in [-0.05, 0) is 54.4 Å². The molecule has 0 unspecified atom stereocenters. The molecule has 0 saturated heterocycles. The average Bonchev–Trinajstić information content (AvgIpc) is 2.80. The van der Waals surface area contributed by atoms with Crippen molar-refractivity contribution < 1.29 is 19.0 Å². The highest BCUT2D eigenvalue weighted by molar-refractivity contribution is 5.80. The van der Waals surface area contributed by atoms with Crippen LogP contribution in [0.3, 0.4) is 0 Å². The second-order valence-corrected chi connectivity index (χ2v) is 6.76. The molecule has 2 atom stereocenters. The molecule has 3 aromatic rings. The maximum Gasteiger partial charge on any atom is 0.315 e. The summed E-state index contributed by atoms with van der Waals surface area (Å²) in [5, 5.41) is 3.52. The summed E-state index contributed by atoms with van der Waals surface area (Å²) >= 11 is 0. The number of nitrogens with one attached hydrogen (secondary N) is 1. The smallest absolute Gasteiger partial charge is 0.315 e. The van der Waals surface area contributed by atoms with Crippen molar-refractivity contribution in [1.82, 2.24) is 0 Å². The molecule has 0 aromatic heterocycles. The first-order valence-corrected chi connectivity index (χ1v) is 9.92. The van der Waals surface area contributed by atoms with E-state index in [-0.39, 0.29) is 12.0 Å². The first kappa shape index (κ1) is 21.2. The molecule has 0 aliphatic carbocycles. The molecule has 156 valence electrons.